The Kier molecular flexibility index (Phi) is 5.24. The monoisotopic (exact) mass is 399 g/mol. The second kappa shape index (κ2) is 8.49. The molecule has 4 aromatic carbocycles. The van der Waals surface area contributed by atoms with Gasteiger partial charge in [0.2, 0.25) is 0 Å². The quantitative estimate of drug-likeness (QED) is 0.285. The van der Waals surface area contributed by atoms with E-state index in [2.05, 4.69) is 139 Å². The fourth-order valence-corrected chi connectivity index (χ4v) is 4.49. The van der Waals surface area contributed by atoms with Crippen molar-refractivity contribution in [3.8, 4) is 11.3 Å². The Bertz CT molecular complexity index is 1310. The third kappa shape index (κ3) is 3.71. The lowest BCUT2D eigenvalue weighted by Crippen LogP contribution is -2.01. The van der Waals surface area contributed by atoms with Gasteiger partial charge in [0, 0.05) is 23.9 Å². The molecule has 1 aromatic heterocycles. The Labute approximate surface area is 183 Å². The highest BCUT2D eigenvalue weighted by Gasteiger charge is 2.23. The fraction of sp³-hybridized carbons (Fsp3) is 0.0667. The summed E-state index contributed by atoms with van der Waals surface area (Å²) in [6.07, 6.45) is 4.59. The van der Waals surface area contributed by atoms with Gasteiger partial charge in [0.1, 0.15) is 0 Å². The summed E-state index contributed by atoms with van der Waals surface area (Å²) in [5.41, 5.74) is 7.62. The first-order valence-corrected chi connectivity index (χ1v) is 10.7. The van der Waals surface area contributed by atoms with Crippen molar-refractivity contribution < 1.29 is 0 Å². The summed E-state index contributed by atoms with van der Waals surface area (Å²) in [6.45, 7) is 0. The number of fused-ring (bicyclic) bond motifs is 1. The SMILES string of the molecule is Cn1c(-c2ccccc2)c(C(/C=C/c2ccccc2)c2ccccc2)c2ccccc21. The van der Waals surface area contributed by atoms with E-state index in [-0.39, 0.29) is 5.92 Å². The Hall–Kier alpha value is -3.84. The van der Waals surface area contributed by atoms with Gasteiger partial charge < -0.3 is 4.57 Å². The largest absolute Gasteiger partial charge is 0.343 e. The minimum Gasteiger partial charge on any atom is -0.343 e. The molecule has 0 spiro atoms. The molecule has 0 radical (unpaired) electrons. The molecule has 1 heterocycles. The molecular formula is C30H25N. The summed E-state index contributed by atoms with van der Waals surface area (Å²) in [6, 6.07) is 40.8. The molecule has 0 amide bonds. The first kappa shape index (κ1) is 19.1. The Morgan fingerprint density at radius 3 is 1.94 bits per heavy atom. The van der Waals surface area contributed by atoms with Crippen LogP contribution in [0.1, 0.15) is 22.6 Å². The van der Waals surface area contributed by atoms with E-state index < -0.39 is 0 Å². The van der Waals surface area contributed by atoms with Crippen molar-refractivity contribution in [3.63, 3.8) is 0 Å². The topological polar surface area (TPSA) is 4.93 Å². The maximum Gasteiger partial charge on any atom is 0.0530 e. The molecule has 1 atom stereocenters. The lowest BCUT2D eigenvalue weighted by molar-refractivity contribution is 0.952. The second-order valence-corrected chi connectivity index (χ2v) is 7.86. The van der Waals surface area contributed by atoms with Gasteiger partial charge in [0.05, 0.1) is 5.69 Å². The van der Waals surface area contributed by atoms with E-state index in [1.165, 1.54) is 38.9 Å². The molecule has 0 aliphatic rings. The van der Waals surface area contributed by atoms with Crippen molar-refractivity contribution in [1.82, 2.24) is 4.57 Å². The number of nitrogens with zero attached hydrogens (tertiary/aromatic N) is 1. The smallest absolute Gasteiger partial charge is 0.0530 e. The van der Waals surface area contributed by atoms with Gasteiger partial charge in [-0.3, -0.25) is 0 Å². The highest BCUT2D eigenvalue weighted by atomic mass is 15.0. The number of aryl methyl sites for hydroxylation is 1. The van der Waals surface area contributed by atoms with Gasteiger partial charge in [-0.15, -0.1) is 0 Å². The van der Waals surface area contributed by atoms with E-state index >= 15 is 0 Å². The zero-order valence-corrected chi connectivity index (χ0v) is 17.6. The van der Waals surface area contributed by atoms with Crippen molar-refractivity contribution >= 4 is 17.0 Å². The van der Waals surface area contributed by atoms with Crippen LogP contribution in [0.3, 0.4) is 0 Å². The predicted octanol–water partition coefficient (Wildman–Crippen LogP) is 7.69. The molecule has 0 fully saturated rings. The number of aromatic nitrogens is 1. The summed E-state index contributed by atoms with van der Waals surface area (Å²) >= 11 is 0. The standard InChI is InChI=1S/C30H25N/c1-31-28-20-12-11-19-27(28)29(30(31)25-17-9-4-10-18-25)26(24-15-7-3-8-16-24)22-21-23-13-5-2-6-14-23/h2-22,26H,1H3/b22-21+. The zero-order valence-electron chi connectivity index (χ0n) is 17.6. The predicted molar refractivity (Wildman–Crippen MR) is 132 cm³/mol. The van der Waals surface area contributed by atoms with Crippen molar-refractivity contribution in [2.75, 3.05) is 0 Å². The lowest BCUT2D eigenvalue weighted by atomic mass is 9.87. The Morgan fingerprint density at radius 1 is 0.645 bits per heavy atom. The summed E-state index contributed by atoms with van der Waals surface area (Å²) < 4.78 is 2.34. The molecule has 1 heteroatoms. The molecule has 31 heavy (non-hydrogen) atoms. The Balaban J connectivity index is 1.78. The van der Waals surface area contributed by atoms with Crippen LogP contribution in [0.4, 0.5) is 0 Å². The highest BCUT2D eigenvalue weighted by molar-refractivity contribution is 5.93. The van der Waals surface area contributed by atoms with Gasteiger partial charge in [-0.2, -0.15) is 0 Å². The van der Waals surface area contributed by atoms with E-state index in [9.17, 15) is 0 Å². The molecule has 5 aromatic rings. The van der Waals surface area contributed by atoms with Crippen LogP contribution >= 0.6 is 0 Å². The first-order chi connectivity index (χ1) is 15.3. The molecule has 0 saturated heterocycles. The van der Waals surface area contributed by atoms with Gasteiger partial charge >= 0.3 is 0 Å². The van der Waals surface area contributed by atoms with Crippen LogP contribution in [0, 0.1) is 0 Å². The number of hydrogen-bond donors (Lipinski definition) is 0. The van der Waals surface area contributed by atoms with E-state index in [1.807, 2.05) is 0 Å². The zero-order chi connectivity index (χ0) is 21.0. The van der Waals surface area contributed by atoms with E-state index in [0.717, 1.165) is 0 Å². The molecule has 150 valence electrons. The van der Waals surface area contributed by atoms with Gasteiger partial charge in [0.25, 0.3) is 0 Å². The minimum atomic E-state index is 0.141. The fourth-order valence-electron chi connectivity index (χ4n) is 4.49. The minimum absolute atomic E-state index is 0.141. The van der Waals surface area contributed by atoms with Crippen molar-refractivity contribution in [3.05, 3.63) is 138 Å². The first-order valence-electron chi connectivity index (χ1n) is 10.7. The van der Waals surface area contributed by atoms with Crippen LogP contribution in [0.2, 0.25) is 0 Å². The molecular weight excluding hydrogens is 374 g/mol. The van der Waals surface area contributed by atoms with Crippen molar-refractivity contribution in [2.24, 2.45) is 7.05 Å². The lowest BCUT2D eigenvalue weighted by Gasteiger charge is -2.17. The van der Waals surface area contributed by atoms with Crippen LogP contribution in [0.25, 0.3) is 28.2 Å². The maximum atomic E-state index is 2.35. The average Bonchev–Trinajstić information content (AvgIpc) is 3.14. The molecule has 1 nitrogen and oxygen atoms in total. The number of allylic oxidation sites excluding steroid dienone is 1. The molecule has 1 unspecified atom stereocenters. The number of benzene rings is 4. The summed E-state index contributed by atoms with van der Waals surface area (Å²) in [5.74, 6) is 0.141. The van der Waals surface area contributed by atoms with Gasteiger partial charge in [-0.05, 0) is 28.3 Å². The molecule has 0 bridgehead atoms. The van der Waals surface area contributed by atoms with E-state index in [1.54, 1.807) is 0 Å². The molecule has 0 N–H and O–H groups in total. The van der Waals surface area contributed by atoms with Crippen LogP contribution < -0.4 is 0 Å². The molecule has 0 saturated carbocycles. The number of hydrogen-bond acceptors (Lipinski definition) is 0. The number of rotatable bonds is 5. The third-order valence-electron chi connectivity index (χ3n) is 5.94. The molecule has 0 aliphatic heterocycles. The van der Waals surface area contributed by atoms with Gasteiger partial charge in [0.15, 0.2) is 0 Å². The van der Waals surface area contributed by atoms with Crippen LogP contribution in [-0.4, -0.2) is 4.57 Å². The van der Waals surface area contributed by atoms with Gasteiger partial charge in [-0.1, -0.05) is 121 Å². The average molecular weight is 400 g/mol. The van der Waals surface area contributed by atoms with Crippen LogP contribution in [0.5, 0.6) is 0 Å². The third-order valence-corrected chi connectivity index (χ3v) is 5.94. The van der Waals surface area contributed by atoms with Crippen molar-refractivity contribution in [2.45, 2.75) is 5.92 Å². The number of para-hydroxylation sites is 1. The van der Waals surface area contributed by atoms with Crippen LogP contribution in [-0.2, 0) is 7.05 Å². The second-order valence-electron chi connectivity index (χ2n) is 7.86. The highest BCUT2D eigenvalue weighted by Crippen LogP contribution is 2.41. The molecule has 0 aliphatic carbocycles. The normalized spacial score (nSPS) is 12.4. The van der Waals surface area contributed by atoms with Crippen molar-refractivity contribution in [1.29, 1.82) is 0 Å². The summed E-state index contributed by atoms with van der Waals surface area (Å²) in [7, 11) is 2.18. The van der Waals surface area contributed by atoms with Crippen LogP contribution in [0.15, 0.2) is 121 Å². The summed E-state index contributed by atoms with van der Waals surface area (Å²) in [4.78, 5) is 0. The molecule has 5 rings (SSSR count). The summed E-state index contributed by atoms with van der Waals surface area (Å²) in [5, 5.41) is 1.30. The van der Waals surface area contributed by atoms with Gasteiger partial charge in [-0.25, -0.2) is 0 Å². The maximum absolute atomic E-state index is 2.35. The van der Waals surface area contributed by atoms with E-state index in [4.69, 9.17) is 0 Å². The Morgan fingerprint density at radius 2 is 1.23 bits per heavy atom. The van der Waals surface area contributed by atoms with E-state index in [0.29, 0.717) is 0 Å².